The normalized spacial score (nSPS) is 26.0. The molecule has 3 aliphatic heterocycles. The second kappa shape index (κ2) is 6.07. The van der Waals surface area contributed by atoms with Crippen LogP contribution in [0, 0.1) is 18.8 Å². The highest BCUT2D eigenvalue weighted by molar-refractivity contribution is 5.46. The zero-order valence-corrected chi connectivity index (χ0v) is 14.5. The van der Waals surface area contributed by atoms with Gasteiger partial charge in [0.2, 0.25) is 0 Å². The van der Waals surface area contributed by atoms with Crippen molar-refractivity contribution >= 4 is 5.82 Å². The maximum Gasteiger partial charge on any atom is 0.144 e. The summed E-state index contributed by atoms with van der Waals surface area (Å²) in [6.45, 7) is 8.76. The predicted molar refractivity (Wildman–Crippen MR) is 91.1 cm³/mol. The summed E-state index contributed by atoms with van der Waals surface area (Å²) in [5.74, 6) is 3.52. The van der Waals surface area contributed by atoms with Crippen LogP contribution < -0.4 is 4.90 Å². The third-order valence-corrected chi connectivity index (χ3v) is 5.77. The SMILES string of the molecule is Cc1cncnc1N1CC2CN(Cc3noc4c3COCC4)CC2C1. The van der Waals surface area contributed by atoms with Crippen molar-refractivity contribution in [2.45, 2.75) is 26.5 Å². The number of aromatic nitrogens is 3. The fraction of sp³-hybridized carbons (Fsp3) is 0.611. The molecule has 7 heteroatoms. The van der Waals surface area contributed by atoms with E-state index in [-0.39, 0.29) is 0 Å². The van der Waals surface area contributed by atoms with Gasteiger partial charge in [0.25, 0.3) is 0 Å². The monoisotopic (exact) mass is 341 g/mol. The van der Waals surface area contributed by atoms with Crippen LogP contribution in [0.5, 0.6) is 0 Å². The summed E-state index contributed by atoms with van der Waals surface area (Å²) in [5.41, 5.74) is 3.41. The molecule has 25 heavy (non-hydrogen) atoms. The van der Waals surface area contributed by atoms with Crippen molar-refractivity contribution in [3.8, 4) is 0 Å². The number of fused-ring (bicyclic) bond motifs is 2. The van der Waals surface area contributed by atoms with Crippen molar-refractivity contribution in [1.82, 2.24) is 20.0 Å². The second-order valence-corrected chi connectivity index (χ2v) is 7.48. The first-order valence-electron chi connectivity index (χ1n) is 9.06. The van der Waals surface area contributed by atoms with E-state index < -0.39 is 0 Å². The number of anilines is 1. The summed E-state index contributed by atoms with van der Waals surface area (Å²) in [6.07, 6.45) is 4.40. The smallest absolute Gasteiger partial charge is 0.144 e. The average Bonchev–Trinajstić information content (AvgIpc) is 3.29. The molecule has 0 bridgehead atoms. The Bertz CT molecular complexity index is 763. The molecule has 132 valence electrons. The summed E-state index contributed by atoms with van der Waals surface area (Å²) in [5, 5.41) is 4.31. The van der Waals surface area contributed by atoms with Crippen molar-refractivity contribution in [3.05, 3.63) is 35.1 Å². The van der Waals surface area contributed by atoms with Gasteiger partial charge in [-0.15, -0.1) is 0 Å². The quantitative estimate of drug-likeness (QED) is 0.836. The Morgan fingerprint density at radius 2 is 2.04 bits per heavy atom. The van der Waals surface area contributed by atoms with Crippen LogP contribution in [0.1, 0.15) is 22.6 Å². The molecular formula is C18H23N5O2. The zero-order valence-electron chi connectivity index (χ0n) is 14.5. The number of hydrogen-bond acceptors (Lipinski definition) is 7. The lowest BCUT2D eigenvalue weighted by Crippen LogP contribution is -2.30. The minimum absolute atomic E-state index is 0.648. The molecular weight excluding hydrogens is 318 g/mol. The van der Waals surface area contributed by atoms with Gasteiger partial charge in [-0.2, -0.15) is 0 Å². The maximum absolute atomic E-state index is 5.57. The molecule has 0 aliphatic carbocycles. The molecule has 0 N–H and O–H groups in total. The Morgan fingerprint density at radius 1 is 1.20 bits per heavy atom. The zero-order chi connectivity index (χ0) is 16.8. The van der Waals surface area contributed by atoms with E-state index >= 15 is 0 Å². The molecule has 0 amide bonds. The molecule has 0 saturated carbocycles. The van der Waals surface area contributed by atoms with Gasteiger partial charge in [0, 0.05) is 56.5 Å². The molecule has 2 atom stereocenters. The summed E-state index contributed by atoms with van der Waals surface area (Å²) < 4.78 is 11.1. The van der Waals surface area contributed by atoms with Crippen molar-refractivity contribution < 1.29 is 9.26 Å². The van der Waals surface area contributed by atoms with Crippen molar-refractivity contribution in [2.24, 2.45) is 11.8 Å². The molecule has 5 rings (SSSR count). The van der Waals surface area contributed by atoms with E-state index in [0.29, 0.717) is 18.4 Å². The number of nitrogens with zero attached hydrogens (tertiary/aromatic N) is 5. The van der Waals surface area contributed by atoms with Crippen molar-refractivity contribution in [1.29, 1.82) is 0 Å². The second-order valence-electron chi connectivity index (χ2n) is 7.48. The Labute approximate surface area is 147 Å². The van der Waals surface area contributed by atoms with Crippen LogP contribution in [-0.4, -0.2) is 52.8 Å². The minimum atomic E-state index is 0.648. The van der Waals surface area contributed by atoms with E-state index in [1.54, 1.807) is 6.33 Å². The van der Waals surface area contributed by atoms with Crippen LogP contribution >= 0.6 is 0 Å². The van der Waals surface area contributed by atoms with Crippen LogP contribution in [0.15, 0.2) is 17.0 Å². The molecule has 5 heterocycles. The molecule has 0 radical (unpaired) electrons. The summed E-state index contributed by atoms with van der Waals surface area (Å²) >= 11 is 0. The first-order valence-corrected chi connectivity index (χ1v) is 9.06. The summed E-state index contributed by atoms with van der Waals surface area (Å²) in [6, 6.07) is 0. The van der Waals surface area contributed by atoms with Gasteiger partial charge in [-0.1, -0.05) is 5.16 Å². The van der Waals surface area contributed by atoms with Gasteiger partial charge in [0.05, 0.1) is 13.2 Å². The van der Waals surface area contributed by atoms with Crippen LogP contribution in [0.2, 0.25) is 0 Å². The fourth-order valence-corrected chi connectivity index (χ4v) is 4.53. The Morgan fingerprint density at radius 3 is 2.84 bits per heavy atom. The summed E-state index contributed by atoms with van der Waals surface area (Å²) in [7, 11) is 0. The lowest BCUT2D eigenvalue weighted by atomic mass is 10.0. The average molecular weight is 341 g/mol. The largest absolute Gasteiger partial charge is 0.376 e. The maximum atomic E-state index is 5.57. The molecule has 0 aromatic carbocycles. The molecule has 0 spiro atoms. The van der Waals surface area contributed by atoms with Crippen molar-refractivity contribution in [3.63, 3.8) is 0 Å². The van der Waals surface area contributed by atoms with Gasteiger partial charge in [0.15, 0.2) is 0 Å². The number of likely N-dealkylation sites (tertiary alicyclic amines) is 1. The molecule has 3 aliphatic rings. The Kier molecular flexibility index (Phi) is 3.71. The van der Waals surface area contributed by atoms with Gasteiger partial charge >= 0.3 is 0 Å². The first kappa shape index (κ1) is 15.3. The van der Waals surface area contributed by atoms with E-state index in [2.05, 4.69) is 31.8 Å². The molecule has 2 aromatic rings. The third-order valence-electron chi connectivity index (χ3n) is 5.77. The topological polar surface area (TPSA) is 67.5 Å². The third kappa shape index (κ3) is 2.71. The van der Waals surface area contributed by atoms with Crippen LogP contribution in [0.25, 0.3) is 0 Å². The number of rotatable bonds is 3. The molecule has 2 unspecified atom stereocenters. The Balaban J connectivity index is 1.24. The molecule has 2 aromatic heterocycles. The van der Waals surface area contributed by atoms with E-state index in [1.165, 1.54) is 5.56 Å². The van der Waals surface area contributed by atoms with E-state index in [9.17, 15) is 0 Å². The van der Waals surface area contributed by atoms with Crippen LogP contribution in [0.3, 0.4) is 0 Å². The Hall–Kier alpha value is -1.99. The van der Waals surface area contributed by atoms with Gasteiger partial charge in [-0.25, -0.2) is 9.97 Å². The van der Waals surface area contributed by atoms with E-state index in [0.717, 1.165) is 68.6 Å². The molecule has 2 fully saturated rings. The highest BCUT2D eigenvalue weighted by Gasteiger charge is 2.41. The van der Waals surface area contributed by atoms with Gasteiger partial charge in [-0.05, 0) is 18.8 Å². The van der Waals surface area contributed by atoms with Gasteiger partial charge in [0.1, 0.15) is 23.6 Å². The summed E-state index contributed by atoms with van der Waals surface area (Å²) in [4.78, 5) is 13.5. The molecule has 7 nitrogen and oxygen atoms in total. The lowest BCUT2D eigenvalue weighted by Gasteiger charge is -2.23. The van der Waals surface area contributed by atoms with Gasteiger partial charge in [-0.3, -0.25) is 4.90 Å². The first-order chi connectivity index (χ1) is 12.3. The van der Waals surface area contributed by atoms with Crippen molar-refractivity contribution in [2.75, 3.05) is 37.7 Å². The molecule has 2 saturated heterocycles. The van der Waals surface area contributed by atoms with E-state index in [1.807, 2.05) is 6.20 Å². The van der Waals surface area contributed by atoms with Crippen LogP contribution in [0.4, 0.5) is 5.82 Å². The predicted octanol–water partition coefficient (Wildman–Crippen LogP) is 1.41. The standard InChI is InChI=1S/C18H23N5O2/c1-12-4-19-11-20-18(12)23-7-13-5-22(6-14(13)8-23)9-16-15-10-24-3-2-17(15)25-21-16/h4,11,13-14H,2-3,5-10H2,1H3. The number of ether oxygens (including phenoxy) is 1. The lowest BCUT2D eigenvalue weighted by molar-refractivity contribution is 0.102. The minimum Gasteiger partial charge on any atom is -0.376 e. The highest BCUT2D eigenvalue weighted by atomic mass is 16.5. The van der Waals surface area contributed by atoms with Crippen LogP contribution in [-0.2, 0) is 24.3 Å². The van der Waals surface area contributed by atoms with E-state index in [4.69, 9.17) is 9.26 Å². The number of aryl methyl sites for hydroxylation is 1. The highest BCUT2D eigenvalue weighted by Crippen LogP contribution is 2.35. The fourth-order valence-electron chi connectivity index (χ4n) is 4.53. The number of hydrogen-bond donors (Lipinski definition) is 0. The van der Waals surface area contributed by atoms with Gasteiger partial charge < -0.3 is 14.2 Å².